The molecule has 3 rings (SSSR count). The highest BCUT2D eigenvalue weighted by atomic mass is 32.2. The zero-order valence-electron chi connectivity index (χ0n) is 15.1. The van der Waals surface area contributed by atoms with Gasteiger partial charge in [-0.1, -0.05) is 24.5 Å². The summed E-state index contributed by atoms with van der Waals surface area (Å²) in [6, 6.07) is 6.34. The van der Waals surface area contributed by atoms with E-state index in [0.29, 0.717) is 17.9 Å². The largest absolute Gasteiger partial charge is 0.322 e. The summed E-state index contributed by atoms with van der Waals surface area (Å²) in [6.07, 6.45) is 12.5. The number of nitrogens with zero attached hydrogens (tertiary/aromatic N) is 3. The van der Waals surface area contributed by atoms with E-state index >= 15 is 0 Å². The van der Waals surface area contributed by atoms with Gasteiger partial charge in [-0.2, -0.15) is 5.10 Å². The fourth-order valence-electron chi connectivity index (χ4n) is 3.30. The van der Waals surface area contributed by atoms with E-state index in [9.17, 15) is 13.2 Å². The number of carbonyl (C=O) groups is 1. The number of nitrogens with one attached hydrogen (secondary N) is 1. The van der Waals surface area contributed by atoms with Gasteiger partial charge in [-0.3, -0.25) is 9.69 Å². The van der Waals surface area contributed by atoms with Gasteiger partial charge in [0.25, 0.3) is 0 Å². The Kier molecular flexibility index (Phi) is 5.63. The van der Waals surface area contributed by atoms with E-state index in [1.807, 2.05) is 4.90 Å². The summed E-state index contributed by atoms with van der Waals surface area (Å²) in [6.45, 7) is 1.25. The smallest absolute Gasteiger partial charge is 0.241 e. The summed E-state index contributed by atoms with van der Waals surface area (Å²) >= 11 is 0. The number of hydrogen-bond acceptors (Lipinski definition) is 5. The Morgan fingerprint density at radius 1 is 1.37 bits per heavy atom. The average molecular weight is 386 g/mol. The van der Waals surface area contributed by atoms with Crippen molar-refractivity contribution < 1.29 is 13.2 Å². The second kappa shape index (κ2) is 7.94. The predicted molar refractivity (Wildman–Crippen MR) is 103 cm³/mol. The van der Waals surface area contributed by atoms with Crippen LogP contribution in [0.1, 0.15) is 19.3 Å². The SMILES string of the molecule is C#CCN1CCCC[C@@H]1C(=O)Nc1cnn(-c2ccccc2S(C)(=O)=O)c1. The van der Waals surface area contributed by atoms with Crippen molar-refractivity contribution in [1.82, 2.24) is 14.7 Å². The summed E-state index contributed by atoms with van der Waals surface area (Å²) in [7, 11) is -3.40. The van der Waals surface area contributed by atoms with E-state index in [2.05, 4.69) is 16.3 Å². The minimum atomic E-state index is -3.40. The molecular formula is C19H22N4O3S. The molecule has 2 aromatic rings. The van der Waals surface area contributed by atoms with Crippen LogP contribution in [0.2, 0.25) is 0 Å². The van der Waals surface area contributed by atoms with Gasteiger partial charge in [0.05, 0.1) is 41.3 Å². The molecule has 1 aromatic carbocycles. The molecular weight excluding hydrogens is 364 g/mol. The maximum atomic E-state index is 12.7. The number of anilines is 1. The molecule has 7 nitrogen and oxygen atoms in total. The third-order valence-corrected chi connectivity index (χ3v) is 5.72. The standard InChI is InChI=1S/C19H22N4O3S/c1-3-11-22-12-7-6-9-17(22)19(24)21-15-13-20-23(14-15)16-8-4-5-10-18(16)27(2,25)26/h1,4-5,8,10,13-14,17H,6-7,9,11-12H2,2H3,(H,21,24)/t17-/m1/s1. The van der Waals surface area contributed by atoms with Crippen molar-refractivity contribution >= 4 is 21.4 Å². The van der Waals surface area contributed by atoms with E-state index in [1.54, 1.807) is 24.4 Å². The second-order valence-electron chi connectivity index (χ2n) is 6.59. The number of benzene rings is 1. The van der Waals surface area contributed by atoms with Crippen LogP contribution in [0, 0.1) is 12.3 Å². The van der Waals surface area contributed by atoms with E-state index in [1.165, 1.54) is 16.9 Å². The van der Waals surface area contributed by atoms with Crippen LogP contribution in [-0.4, -0.2) is 54.4 Å². The van der Waals surface area contributed by atoms with Crippen LogP contribution in [0.5, 0.6) is 0 Å². The van der Waals surface area contributed by atoms with Gasteiger partial charge >= 0.3 is 0 Å². The van der Waals surface area contributed by atoms with Crippen molar-refractivity contribution in [3.63, 3.8) is 0 Å². The number of carbonyl (C=O) groups excluding carboxylic acids is 1. The summed E-state index contributed by atoms with van der Waals surface area (Å²) in [4.78, 5) is 14.9. The van der Waals surface area contributed by atoms with Gasteiger partial charge in [0.15, 0.2) is 9.84 Å². The van der Waals surface area contributed by atoms with Gasteiger partial charge in [-0.05, 0) is 31.5 Å². The van der Waals surface area contributed by atoms with Crippen molar-refractivity contribution in [2.24, 2.45) is 0 Å². The molecule has 1 amide bonds. The minimum absolute atomic E-state index is 0.124. The highest BCUT2D eigenvalue weighted by Crippen LogP contribution is 2.22. The van der Waals surface area contributed by atoms with Crippen molar-refractivity contribution in [3.8, 4) is 18.0 Å². The maximum absolute atomic E-state index is 12.7. The Morgan fingerprint density at radius 2 is 2.15 bits per heavy atom. The molecule has 1 aliphatic heterocycles. The van der Waals surface area contributed by atoms with E-state index in [0.717, 1.165) is 32.1 Å². The van der Waals surface area contributed by atoms with E-state index in [-0.39, 0.29) is 16.8 Å². The molecule has 1 N–H and O–H groups in total. The van der Waals surface area contributed by atoms with Crippen LogP contribution in [-0.2, 0) is 14.6 Å². The molecule has 0 aliphatic carbocycles. The Labute approximate surface area is 159 Å². The van der Waals surface area contributed by atoms with Crippen LogP contribution >= 0.6 is 0 Å². The molecule has 1 aromatic heterocycles. The molecule has 0 bridgehead atoms. The second-order valence-corrected chi connectivity index (χ2v) is 8.57. The van der Waals surface area contributed by atoms with Crippen molar-refractivity contribution in [2.75, 3.05) is 24.7 Å². The van der Waals surface area contributed by atoms with Crippen LogP contribution in [0.25, 0.3) is 5.69 Å². The van der Waals surface area contributed by atoms with Gasteiger partial charge in [0, 0.05) is 6.26 Å². The number of terminal acetylenes is 1. The molecule has 27 heavy (non-hydrogen) atoms. The number of hydrogen-bond donors (Lipinski definition) is 1. The summed E-state index contributed by atoms with van der Waals surface area (Å²) in [5.41, 5.74) is 0.946. The van der Waals surface area contributed by atoms with E-state index < -0.39 is 9.84 Å². The highest BCUT2D eigenvalue weighted by Gasteiger charge is 2.28. The lowest BCUT2D eigenvalue weighted by atomic mass is 10.0. The molecule has 1 saturated heterocycles. The van der Waals surface area contributed by atoms with Gasteiger partial charge in [-0.15, -0.1) is 6.42 Å². The number of likely N-dealkylation sites (tertiary alicyclic amines) is 1. The Morgan fingerprint density at radius 3 is 2.89 bits per heavy atom. The summed E-state index contributed by atoms with van der Waals surface area (Å²) in [5, 5.41) is 7.07. The lowest BCUT2D eigenvalue weighted by Crippen LogP contribution is -2.47. The van der Waals surface area contributed by atoms with Crippen molar-refractivity contribution in [2.45, 2.75) is 30.2 Å². The molecule has 0 unspecified atom stereocenters. The third kappa shape index (κ3) is 4.38. The first-order valence-electron chi connectivity index (χ1n) is 8.72. The minimum Gasteiger partial charge on any atom is -0.322 e. The average Bonchev–Trinajstić information content (AvgIpc) is 3.10. The fraction of sp³-hybridized carbons (Fsp3) is 0.368. The zero-order valence-corrected chi connectivity index (χ0v) is 15.9. The summed E-state index contributed by atoms with van der Waals surface area (Å²) < 4.78 is 25.4. The monoisotopic (exact) mass is 386 g/mol. The van der Waals surface area contributed by atoms with Crippen LogP contribution in [0.3, 0.4) is 0 Å². The first-order chi connectivity index (χ1) is 12.9. The normalized spacial score (nSPS) is 18.0. The van der Waals surface area contributed by atoms with Gasteiger partial charge in [0.1, 0.15) is 0 Å². The van der Waals surface area contributed by atoms with Crippen LogP contribution in [0.4, 0.5) is 5.69 Å². The number of amides is 1. The third-order valence-electron chi connectivity index (χ3n) is 4.57. The zero-order chi connectivity index (χ0) is 19.4. The first-order valence-corrected chi connectivity index (χ1v) is 10.6. The van der Waals surface area contributed by atoms with Crippen molar-refractivity contribution in [3.05, 3.63) is 36.7 Å². The molecule has 142 valence electrons. The molecule has 0 radical (unpaired) electrons. The topological polar surface area (TPSA) is 84.3 Å². The molecule has 8 heteroatoms. The Balaban J connectivity index is 1.79. The van der Waals surface area contributed by atoms with Gasteiger partial charge in [-0.25, -0.2) is 13.1 Å². The lowest BCUT2D eigenvalue weighted by molar-refractivity contribution is -0.122. The number of sulfone groups is 1. The van der Waals surface area contributed by atoms with E-state index in [4.69, 9.17) is 6.42 Å². The maximum Gasteiger partial charge on any atom is 0.241 e. The number of rotatable bonds is 5. The number of aromatic nitrogens is 2. The van der Waals surface area contributed by atoms with Crippen LogP contribution < -0.4 is 5.32 Å². The number of piperidine rings is 1. The molecule has 1 atom stereocenters. The molecule has 0 spiro atoms. The van der Waals surface area contributed by atoms with Gasteiger partial charge < -0.3 is 5.32 Å². The first kappa shape index (κ1) is 19.1. The molecule has 1 fully saturated rings. The Bertz CT molecular complexity index is 975. The highest BCUT2D eigenvalue weighted by molar-refractivity contribution is 7.90. The van der Waals surface area contributed by atoms with Crippen LogP contribution in [0.15, 0.2) is 41.6 Å². The molecule has 1 aliphatic rings. The molecule has 2 heterocycles. The van der Waals surface area contributed by atoms with Crippen molar-refractivity contribution in [1.29, 1.82) is 0 Å². The number of para-hydroxylation sites is 1. The summed E-state index contributed by atoms with van der Waals surface area (Å²) in [5.74, 6) is 2.48. The van der Waals surface area contributed by atoms with Gasteiger partial charge in [0.2, 0.25) is 5.91 Å². The predicted octanol–water partition coefficient (Wildman–Crippen LogP) is 1.70. The molecule has 0 saturated carbocycles. The lowest BCUT2D eigenvalue weighted by Gasteiger charge is -2.32. The fourth-order valence-corrected chi connectivity index (χ4v) is 4.17. The Hall–Kier alpha value is -2.63. The quantitative estimate of drug-likeness (QED) is 0.791.